The maximum atomic E-state index is 14.5. The number of aryl methyl sites for hydroxylation is 7. The topological polar surface area (TPSA) is 149 Å². The molecule has 0 radical (unpaired) electrons. The summed E-state index contributed by atoms with van der Waals surface area (Å²) in [4.78, 5) is 68.4. The summed E-state index contributed by atoms with van der Waals surface area (Å²) in [6.45, 7) is 5.47. The number of Topliss-reactive ketones (excluding diaryl/α,β-unsaturated/α-hetero) is 4. The zero-order valence-corrected chi connectivity index (χ0v) is 42.3. The van der Waals surface area contributed by atoms with Crippen LogP contribution in [0.4, 0.5) is 67.2 Å². The van der Waals surface area contributed by atoms with Gasteiger partial charge >= 0.3 is 42.0 Å². The third kappa shape index (κ3) is 12.6. The minimum absolute atomic E-state index is 0.00176. The Labute approximate surface area is 441 Å². The molecule has 8 nitrogen and oxygen atoms in total. The third-order valence-electron chi connectivity index (χ3n) is 13.4. The van der Waals surface area contributed by atoms with Gasteiger partial charge in [-0.15, -0.1) is 0 Å². The van der Waals surface area contributed by atoms with Crippen LogP contribution in [0.25, 0.3) is 0 Å². The molecule has 0 aromatic heterocycles. The fraction of sp³-hybridized carbons (Fsp3) is 0.345. The molecule has 78 heavy (non-hydrogen) atoms. The lowest BCUT2D eigenvalue weighted by Crippen LogP contribution is -2.50. The Morgan fingerprint density at radius 2 is 0.846 bits per heavy atom. The van der Waals surface area contributed by atoms with E-state index in [-0.39, 0.29) is 81.2 Å². The van der Waals surface area contributed by atoms with E-state index < -0.39 is 64.2 Å². The molecule has 418 valence electrons. The second-order valence-corrected chi connectivity index (χ2v) is 18.7. The van der Waals surface area contributed by atoms with Crippen LogP contribution in [0, 0.1) is 13.8 Å². The quantitative estimate of drug-likeness (QED) is 0.0641. The number of alkyl halides is 14. The number of halogens is 15. The average Bonchev–Trinajstić information content (AvgIpc) is 4.15. The van der Waals surface area contributed by atoms with Crippen LogP contribution in [0.15, 0.2) is 78.9 Å². The molecule has 0 saturated heterocycles. The Balaban J connectivity index is 0.000000207. The molecule has 5 aromatic carbocycles. The van der Waals surface area contributed by atoms with Crippen molar-refractivity contribution in [2.24, 2.45) is 0 Å². The highest BCUT2D eigenvalue weighted by Crippen LogP contribution is 2.55. The highest BCUT2D eigenvalue weighted by molar-refractivity contribution is 6.67. The van der Waals surface area contributed by atoms with Gasteiger partial charge in [-0.2, -0.15) is 52.7 Å². The molecule has 0 saturated carbocycles. The van der Waals surface area contributed by atoms with Crippen LogP contribution in [-0.4, -0.2) is 64.2 Å². The van der Waals surface area contributed by atoms with Gasteiger partial charge in [-0.1, -0.05) is 56.3 Å². The largest absolute Gasteiger partial charge is 0.478 e. The van der Waals surface area contributed by atoms with Gasteiger partial charge in [0.15, 0.2) is 23.1 Å². The summed E-state index contributed by atoms with van der Waals surface area (Å²) in [6, 6.07) is 16.3. The fourth-order valence-corrected chi connectivity index (χ4v) is 9.17. The van der Waals surface area contributed by atoms with Gasteiger partial charge < -0.3 is 10.8 Å². The summed E-state index contributed by atoms with van der Waals surface area (Å²) < 4.78 is 183. The lowest BCUT2D eigenvalue weighted by molar-refractivity contribution is -0.349. The summed E-state index contributed by atoms with van der Waals surface area (Å²) >= 11 is 5.32. The number of carbonyl (C=O) groups excluding carboxylic acids is 5. The maximum Gasteiger partial charge on any atom is 0.435 e. The molecule has 3 N–H and O–H groups in total. The Bertz CT molecular complexity index is 3090. The van der Waals surface area contributed by atoms with E-state index >= 15 is 0 Å². The predicted molar refractivity (Wildman–Crippen MR) is 258 cm³/mol. The van der Waals surface area contributed by atoms with Gasteiger partial charge in [0.25, 0.3) is 5.24 Å². The van der Waals surface area contributed by atoms with Gasteiger partial charge in [-0.3, -0.25) is 24.0 Å². The number of anilines is 1. The summed E-state index contributed by atoms with van der Waals surface area (Å²) in [5.41, 5.74) is -2.65. The first kappa shape index (κ1) is 61.9. The smallest absolute Gasteiger partial charge is 0.435 e. The van der Waals surface area contributed by atoms with E-state index in [2.05, 4.69) is 0 Å². The van der Waals surface area contributed by atoms with Gasteiger partial charge in [-0.25, -0.2) is 13.6 Å². The maximum absolute atomic E-state index is 14.5. The molecule has 0 bridgehead atoms. The number of hydrogen-bond donors (Lipinski definition) is 2. The molecule has 0 heterocycles. The molecule has 5 aromatic rings. The molecule has 3 aliphatic carbocycles. The Hall–Kier alpha value is -6.97. The summed E-state index contributed by atoms with van der Waals surface area (Å²) in [5.74, 6) is -1.10. The number of ketones is 4. The number of hydrogen-bond acceptors (Lipinski definition) is 7. The van der Waals surface area contributed by atoms with Crippen molar-refractivity contribution in [3.05, 3.63) is 168 Å². The minimum atomic E-state index is -6.21. The molecule has 0 aliphatic heterocycles. The van der Waals surface area contributed by atoms with E-state index in [0.29, 0.717) is 73.1 Å². The predicted octanol–water partition coefficient (Wildman–Crippen LogP) is 14.5. The van der Waals surface area contributed by atoms with Gasteiger partial charge in [0.1, 0.15) is 0 Å². The van der Waals surface area contributed by atoms with Crippen molar-refractivity contribution < 1.29 is 95.3 Å². The molecule has 3 aliphatic rings. The van der Waals surface area contributed by atoms with E-state index in [4.69, 9.17) is 22.4 Å². The molecule has 23 heteroatoms. The zero-order valence-electron chi connectivity index (χ0n) is 41.5. The van der Waals surface area contributed by atoms with Crippen molar-refractivity contribution in [1.82, 2.24) is 0 Å². The van der Waals surface area contributed by atoms with Crippen molar-refractivity contribution in [3.63, 3.8) is 0 Å². The monoisotopic (exact) mass is 1130 g/mol. The zero-order chi connectivity index (χ0) is 58.8. The number of nitrogens with two attached hydrogens (primary N) is 1. The SMILES string of the molecule is CCc1cc(C(F)(C(F)(F)F)C(F)(F)F)cc(C)c1CC(=O)c1ccc2c(c1)CCC2=O.CCc1cc(C(F)(C(F)(F)F)C(F)(F)F)cc(C)c1N.O=C(Cl)c1ccc2c(c1)CCC2=O.O=C(O)c1ccc2c(c1)CCC2=O. The van der Waals surface area contributed by atoms with Crippen molar-refractivity contribution in [3.8, 4) is 0 Å². The van der Waals surface area contributed by atoms with Crippen molar-refractivity contribution in [1.29, 1.82) is 0 Å². The number of aromatic carboxylic acids is 1. The van der Waals surface area contributed by atoms with Crippen molar-refractivity contribution in [2.75, 3.05) is 5.73 Å². The highest BCUT2D eigenvalue weighted by atomic mass is 35.5. The number of carbonyl (C=O) groups is 6. The number of nitrogen functional groups attached to an aromatic ring is 1. The van der Waals surface area contributed by atoms with Gasteiger partial charge in [0.05, 0.1) is 5.56 Å². The Morgan fingerprint density at radius 3 is 1.22 bits per heavy atom. The first-order valence-electron chi connectivity index (χ1n) is 23.5. The standard InChI is InChI=1S/C23H19F7O2.C12H12F7N.C10H7ClO2.C10H8O3/c1-3-13-10-16(21(24,22(25,26)27)23(28,29)30)8-12(2)18(13)11-20(32)15-4-6-17-14(9-15)5-7-19(17)31;1-3-7-5-8(4-6(2)9(7)20)10(13,11(14,15)16)12(17,18)19;11-10(13)7-1-3-8-6(5-7)2-4-9(8)12;11-9-4-2-6-5-7(10(12)13)1-3-8(6)9/h4,6,8-10H,3,5,7,11H2,1-2H3;4-5H,3,20H2,1-2H3;1,3,5H,2,4H2;1,3,5H,2,4H2,(H,12,13). The van der Waals surface area contributed by atoms with Gasteiger partial charge in [0, 0.05) is 70.3 Å². The molecule has 0 atom stereocenters. The molecular formula is C55H46ClF14NO7. The van der Waals surface area contributed by atoms with Crippen LogP contribution in [0.3, 0.4) is 0 Å². The molecule has 0 unspecified atom stereocenters. The number of carboxylic acid groups (broad SMARTS) is 1. The molecule has 0 spiro atoms. The van der Waals surface area contributed by atoms with Crippen LogP contribution < -0.4 is 5.73 Å². The summed E-state index contributed by atoms with van der Waals surface area (Å²) in [6.07, 6.45) is -21.5. The first-order chi connectivity index (χ1) is 35.9. The van der Waals surface area contributed by atoms with Crippen molar-refractivity contribution >= 4 is 51.6 Å². The van der Waals surface area contributed by atoms with E-state index in [0.717, 1.165) is 28.7 Å². The molecular weight excluding hydrogens is 1090 g/mol. The van der Waals surface area contributed by atoms with Crippen molar-refractivity contribution in [2.45, 2.75) is 122 Å². The lowest BCUT2D eigenvalue weighted by atomic mass is 9.86. The number of benzene rings is 5. The Kier molecular flexibility index (Phi) is 18.4. The average molecular weight is 1130 g/mol. The lowest BCUT2D eigenvalue weighted by Gasteiger charge is -2.31. The molecule has 8 rings (SSSR count). The fourth-order valence-electron chi connectivity index (χ4n) is 9.05. The van der Waals surface area contributed by atoms with E-state index in [1.54, 1.807) is 42.5 Å². The summed E-state index contributed by atoms with van der Waals surface area (Å²) in [7, 11) is 0. The van der Waals surface area contributed by atoms with Crippen LogP contribution in [0.2, 0.25) is 0 Å². The van der Waals surface area contributed by atoms with Crippen LogP contribution >= 0.6 is 11.6 Å². The van der Waals surface area contributed by atoms with Crippen LogP contribution in [-0.2, 0) is 49.9 Å². The normalized spacial score (nSPS) is 14.3. The Morgan fingerprint density at radius 1 is 0.500 bits per heavy atom. The van der Waals surface area contributed by atoms with E-state index in [1.165, 1.54) is 39.8 Å². The number of fused-ring (bicyclic) bond motifs is 3. The van der Waals surface area contributed by atoms with Gasteiger partial charge in [0.2, 0.25) is 0 Å². The second kappa shape index (κ2) is 23.2. The van der Waals surface area contributed by atoms with E-state index in [9.17, 15) is 90.2 Å². The highest BCUT2D eigenvalue weighted by Gasteiger charge is 2.74. The molecule has 0 fully saturated rings. The first-order valence-corrected chi connectivity index (χ1v) is 23.9. The minimum Gasteiger partial charge on any atom is -0.478 e. The van der Waals surface area contributed by atoms with E-state index in [1.807, 2.05) is 0 Å². The molecule has 0 amide bonds. The third-order valence-corrected chi connectivity index (χ3v) is 13.6. The number of rotatable bonds is 9. The van der Waals surface area contributed by atoms with Gasteiger partial charge in [-0.05, 0) is 138 Å². The summed E-state index contributed by atoms with van der Waals surface area (Å²) in [5, 5.41) is 8.23. The van der Waals surface area contributed by atoms with Crippen LogP contribution in [0.1, 0.15) is 151 Å². The second-order valence-electron chi connectivity index (χ2n) is 18.4. The number of carboxylic acids is 1. The van der Waals surface area contributed by atoms with Crippen LogP contribution in [0.5, 0.6) is 0 Å².